The van der Waals surface area contributed by atoms with Crippen molar-refractivity contribution in [3.63, 3.8) is 0 Å². The van der Waals surface area contributed by atoms with Crippen molar-refractivity contribution in [3.05, 3.63) is 0 Å². The molecule has 0 saturated carbocycles. The summed E-state index contributed by atoms with van der Waals surface area (Å²) in [4.78, 5) is 0. The van der Waals surface area contributed by atoms with E-state index >= 15 is 0 Å². The van der Waals surface area contributed by atoms with Crippen molar-refractivity contribution < 1.29 is 55.3 Å². The van der Waals surface area contributed by atoms with Gasteiger partial charge in [0.1, 0.15) is 0 Å². The second kappa shape index (κ2) is 21.0. The van der Waals surface area contributed by atoms with Crippen LogP contribution >= 0.6 is 0 Å². The van der Waals surface area contributed by atoms with Gasteiger partial charge in [-0.15, -0.1) is 0 Å². The second-order valence-corrected chi connectivity index (χ2v) is 0. The Labute approximate surface area is 60.8 Å². The molecule has 0 N–H and O–H groups in total. The van der Waals surface area contributed by atoms with Gasteiger partial charge in [-0.3, -0.25) is 0 Å². The summed E-state index contributed by atoms with van der Waals surface area (Å²) in [6.45, 7) is 0. The number of hydrogen-bond donors (Lipinski definition) is 0. The van der Waals surface area contributed by atoms with Gasteiger partial charge in [-0.05, 0) is 0 Å². The van der Waals surface area contributed by atoms with Crippen LogP contribution in [-0.2, 0) is 55.3 Å². The first-order chi connectivity index (χ1) is 1.00. The Morgan fingerprint density at radius 1 is 1.25 bits per heavy atom. The number of rotatable bonds is 0. The van der Waals surface area contributed by atoms with Crippen LogP contribution in [0.4, 0.5) is 0 Å². The zero-order chi connectivity index (χ0) is 2.00. The van der Waals surface area contributed by atoms with E-state index in [1.54, 1.807) is 20.9 Å². The van der Waals surface area contributed by atoms with Gasteiger partial charge in [-0.2, -0.15) is 0 Å². The van der Waals surface area contributed by atoms with Crippen LogP contribution in [0.15, 0.2) is 0 Å². The maximum Gasteiger partial charge on any atom is 0 e. The molecule has 0 saturated heterocycles. The third-order valence-corrected chi connectivity index (χ3v) is 0. The standard InChI is InChI=1S/BH2.Cr.Cu.Nb/h1H2;;;/q+1;;;-1. The van der Waals surface area contributed by atoms with Gasteiger partial charge in [0, 0.05) is 34.4 Å². The topological polar surface area (TPSA) is 0 Å². The van der Waals surface area contributed by atoms with Gasteiger partial charge in [0.25, 0.3) is 0 Å². The first kappa shape index (κ1) is 16.9. The molecule has 0 unspecified atom stereocenters. The SMILES string of the molecule is [BH2][Nb].[Cr].[Cu]. The van der Waals surface area contributed by atoms with Crippen molar-refractivity contribution >= 4 is 5.93 Å². The minimum absolute atomic E-state index is 0. The summed E-state index contributed by atoms with van der Waals surface area (Å²) in [5.41, 5.74) is 0. The van der Waals surface area contributed by atoms with Gasteiger partial charge < -0.3 is 0 Å². The molecule has 0 fully saturated rings. The van der Waals surface area contributed by atoms with E-state index in [2.05, 4.69) is 5.93 Å². The Kier molecular flexibility index (Phi) is 88.7. The largest absolute Gasteiger partial charge is 0 e. The van der Waals surface area contributed by atoms with Crippen LogP contribution in [0.2, 0.25) is 0 Å². The summed E-state index contributed by atoms with van der Waals surface area (Å²) in [5, 5.41) is 0. The Hall–Kier alpha value is 1.86. The molecular formula is H2BCrCuNb. The fourth-order valence-corrected chi connectivity index (χ4v) is 0. The third-order valence-electron chi connectivity index (χ3n) is 0. The van der Waals surface area contributed by atoms with E-state index < -0.39 is 0 Å². The molecule has 0 aliphatic rings. The molecule has 27 valence electrons. The summed E-state index contributed by atoms with van der Waals surface area (Å²) in [5.74, 6) is 2.05. The summed E-state index contributed by atoms with van der Waals surface area (Å²) in [7, 11) is 0. The molecule has 0 spiro atoms. The van der Waals surface area contributed by atoms with Gasteiger partial charge in [-0.25, -0.2) is 0 Å². The van der Waals surface area contributed by atoms with E-state index in [9.17, 15) is 0 Å². The van der Waals surface area contributed by atoms with E-state index in [0.29, 0.717) is 0 Å². The quantitative estimate of drug-likeness (QED) is 0.464. The molecular weight excluding hydrogens is 219 g/mol. The molecule has 0 aliphatic heterocycles. The summed E-state index contributed by atoms with van der Waals surface area (Å²) < 4.78 is 0. The van der Waals surface area contributed by atoms with Crippen molar-refractivity contribution in [2.45, 2.75) is 0 Å². The second-order valence-electron chi connectivity index (χ2n) is 0. The fraction of sp³-hybridized carbons (Fsp3) is 0. The number of hydrogen-bond acceptors (Lipinski definition) is 0. The predicted octanol–water partition coefficient (Wildman–Crippen LogP) is -0.924. The predicted molar refractivity (Wildman–Crippen MR) is 8.54 cm³/mol. The van der Waals surface area contributed by atoms with Crippen LogP contribution in [0.1, 0.15) is 0 Å². The molecule has 0 aromatic rings. The molecule has 0 nitrogen and oxygen atoms in total. The molecule has 0 rings (SSSR count). The van der Waals surface area contributed by atoms with Crippen molar-refractivity contribution in [1.82, 2.24) is 0 Å². The Bertz CT molecular complexity index is 8.00. The van der Waals surface area contributed by atoms with Gasteiger partial charge in [-0.1, -0.05) is 0 Å². The monoisotopic (exact) mass is 221 g/mol. The Morgan fingerprint density at radius 3 is 1.25 bits per heavy atom. The molecule has 0 aliphatic carbocycles. The van der Waals surface area contributed by atoms with Crippen LogP contribution in [0.5, 0.6) is 0 Å². The summed E-state index contributed by atoms with van der Waals surface area (Å²) in [6, 6.07) is 0. The summed E-state index contributed by atoms with van der Waals surface area (Å²) in [6.07, 6.45) is 0. The minimum atomic E-state index is 0. The Morgan fingerprint density at radius 2 is 1.25 bits per heavy atom. The van der Waals surface area contributed by atoms with Crippen LogP contribution in [-0.4, -0.2) is 5.93 Å². The first-order valence-electron chi connectivity index (χ1n) is 0.447. The van der Waals surface area contributed by atoms with Crippen LogP contribution in [0.3, 0.4) is 0 Å². The third kappa shape index (κ3) is 9.13. The van der Waals surface area contributed by atoms with E-state index in [0.717, 1.165) is 0 Å². The van der Waals surface area contributed by atoms with E-state index in [-0.39, 0.29) is 34.4 Å². The van der Waals surface area contributed by atoms with Crippen molar-refractivity contribution in [2.24, 2.45) is 0 Å². The van der Waals surface area contributed by atoms with Gasteiger partial charge in [0.05, 0.1) is 0 Å². The zero-order valence-corrected chi connectivity index (χ0v) is 6.57. The molecule has 0 aromatic heterocycles. The zero-order valence-electron chi connectivity index (χ0n) is 2.16. The van der Waals surface area contributed by atoms with Crippen molar-refractivity contribution in [3.8, 4) is 0 Å². The van der Waals surface area contributed by atoms with Crippen LogP contribution in [0, 0.1) is 0 Å². The first-order valence-corrected chi connectivity index (χ1v) is 2.65. The van der Waals surface area contributed by atoms with Gasteiger partial charge in [0.2, 0.25) is 0 Å². The van der Waals surface area contributed by atoms with E-state index in [1.165, 1.54) is 0 Å². The summed E-state index contributed by atoms with van der Waals surface area (Å²) >= 11 is 1.75. The van der Waals surface area contributed by atoms with E-state index in [4.69, 9.17) is 0 Å². The Balaban J connectivity index is -0.00000000500. The molecule has 0 aromatic carbocycles. The molecule has 0 amide bonds. The fourth-order valence-electron chi connectivity index (χ4n) is 0. The van der Waals surface area contributed by atoms with Gasteiger partial charge in [0.15, 0.2) is 0 Å². The normalized spacial score (nSPS) is 1.00. The molecule has 0 atom stereocenters. The smallest absolute Gasteiger partial charge is 0 e. The minimum Gasteiger partial charge on any atom is 0 e. The van der Waals surface area contributed by atoms with Crippen molar-refractivity contribution in [2.75, 3.05) is 0 Å². The van der Waals surface area contributed by atoms with E-state index in [1.807, 2.05) is 0 Å². The molecule has 0 heterocycles. The maximum atomic E-state index is 2.05. The average molecular weight is 221 g/mol. The molecule has 0 bridgehead atoms. The molecule has 4 heavy (non-hydrogen) atoms. The average Bonchev–Trinajstić information content (AvgIpc) is 1.00. The molecule has 1 radical (unpaired) electrons. The van der Waals surface area contributed by atoms with Crippen molar-refractivity contribution in [1.29, 1.82) is 0 Å². The van der Waals surface area contributed by atoms with Crippen LogP contribution < -0.4 is 0 Å². The molecule has 4 heteroatoms. The maximum absolute atomic E-state index is 2.05. The van der Waals surface area contributed by atoms with Crippen LogP contribution in [0.25, 0.3) is 0 Å². The van der Waals surface area contributed by atoms with Gasteiger partial charge >= 0.3 is 26.8 Å².